The Morgan fingerprint density at radius 1 is 1.05 bits per heavy atom. The van der Waals surface area contributed by atoms with Crippen LogP contribution in [0.15, 0.2) is 83.7 Å². The molecule has 1 heterocycles. The highest BCUT2D eigenvalue weighted by atomic mass is 35.5. The molecule has 0 aliphatic rings. The molecule has 3 aromatic carbocycles. The summed E-state index contributed by atoms with van der Waals surface area (Å²) < 4.78 is 7.86. The molecule has 0 spiro atoms. The van der Waals surface area contributed by atoms with Gasteiger partial charge in [0.25, 0.3) is 11.5 Å². The minimum absolute atomic E-state index is 0.174. The van der Waals surface area contributed by atoms with Crippen molar-refractivity contribution in [3.63, 3.8) is 0 Å². The second-order valence-electron chi connectivity index (χ2n) is 8.82. The van der Waals surface area contributed by atoms with E-state index < -0.39 is 5.91 Å². The van der Waals surface area contributed by atoms with E-state index in [1.54, 1.807) is 54.6 Å². The summed E-state index contributed by atoms with van der Waals surface area (Å²) >= 11 is 7.13. The topological polar surface area (TPSA) is 84.1 Å². The Kier molecular flexibility index (Phi) is 9.74. The van der Waals surface area contributed by atoms with Crippen molar-refractivity contribution in [1.82, 2.24) is 4.57 Å². The Balaban J connectivity index is 1.73. The molecule has 39 heavy (non-hydrogen) atoms. The number of carbonyl (C=O) groups excluding carboxylic acids is 1. The van der Waals surface area contributed by atoms with Crippen LogP contribution in [0, 0.1) is 11.3 Å². The summed E-state index contributed by atoms with van der Waals surface area (Å²) in [4.78, 5) is 26.7. The lowest BCUT2D eigenvalue weighted by atomic mass is 10.2. The Hall–Kier alpha value is -4.12. The molecule has 6 nitrogen and oxygen atoms in total. The smallest absolute Gasteiger partial charge is 0.273 e. The minimum atomic E-state index is -0.627. The number of nitrogens with one attached hydrogen (secondary N) is 1. The number of unbranched alkanes of at least 4 members (excludes halogenated alkanes) is 3. The summed E-state index contributed by atoms with van der Waals surface area (Å²) in [5.41, 5.74) is 1.32. The number of rotatable bonds is 10. The molecular weight excluding hydrogens is 530 g/mol. The van der Waals surface area contributed by atoms with E-state index in [2.05, 4.69) is 12.2 Å². The van der Waals surface area contributed by atoms with Crippen molar-refractivity contribution in [3.8, 4) is 17.5 Å². The maximum absolute atomic E-state index is 13.6. The summed E-state index contributed by atoms with van der Waals surface area (Å²) in [5, 5.41) is 13.1. The fourth-order valence-electron chi connectivity index (χ4n) is 3.95. The number of amides is 1. The third-order valence-electron chi connectivity index (χ3n) is 5.92. The predicted molar refractivity (Wildman–Crippen MR) is 158 cm³/mol. The lowest BCUT2D eigenvalue weighted by Gasteiger charge is -2.06. The first-order valence-corrected chi connectivity index (χ1v) is 13.9. The molecular formula is C31H28ClN3O3S. The number of nitrogens with zero attached hydrogens (tertiary/aromatic N) is 2. The molecule has 1 amide bonds. The third kappa shape index (κ3) is 7.26. The van der Waals surface area contributed by atoms with E-state index in [-0.39, 0.29) is 15.8 Å². The van der Waals surface area contributed by atoms with Gasteiger partial charge in [0, 0.05) is 10.7 Å². The van der Waals surface area contributed by atoms with E-state index in [9.17, 15) is 14.9 Å². The Bertz CT molecular complexity index is 1650. The molecule has 8 heteroatoms. The van der Waals surface area contributed by atoms with E-state index in [4.69, 9.17) is 16.3 Å². The quantitative estimate of drug-likeness (QED) is 0.255. The van der Waals surface area contributed by atoms with Gasteiger partial charge in [-0.3, -0.25) is 14.2 Å². The molecule has 0 fully saturated rings. The van der Waals surface area contributed by atoms with Crippen molar-refractivity contribution in [2.45, 2.75) is 32.6 Å². The molecule has 0 aliphatic heterocycles. The summed E-state index contributed by atoms with van der Waals surface area (Å²) in [7, 11) is 0. The average molecular weight is 558 g/mol. The molecule has 0 unspecified atom stereocenters. The van der Waals surface area contributed by atoms with Crippen molar-refractivity contribution < 1.29 is 9.53 Å². The van der Waals surface area contributed by atoms with Gasteiger partial charge in [-0.15, -0.1) is 11.3 Å². The van der Waals surface area contributed by atoms with Gasteiger partial charge in [-0.25, -0.2) is 0 Å². The predicted octanol–water partition coefficient (Wildman–Crippen LogP) is 5.65. The van der Waals surface area contributed by atoms with E-state index in [1.165, 1.54) is 17.4 Å². The number of carbonyl (C=O) groups is 1. The molecule has 4 rings (SSSR count). The van der Waals surface area contributed by atoms with Crippen molar-refractivity contribution in [1.29, 1.82) is 5.26 Å². The number of aromatic nitrogens is 1. The lowest BCUT2D eigenvalue weighted by Crippen LogP contribution is -2.32. The fourth-order valence-corrected chi connectivity index (χ4v) is 5.24. The van der Waals surface area contributed by atoms with Crippen LogP contribution in [0.2, 0.25) is 5.02 Å². The van der Waals surface area contributed by atoms with Crippen molar-refractivity contribution >= 4 is 46.2 Å². The van der Waals surface area contributed by atoms with Crippen LogP contribution < -0.4 is 24.8 Å². The van der Waals surface area contributed by atoms with Gasteiger partial charge in [-0.05, 0) is 60.5 Å². The molecule has 0 aliphatic carbocycles. The molecule has 1 N–H and O–H groups in total. The molecule has 198 valence electrons. The monoisotopic (exact) mass is 557 g/mol. The van der Waals surface area contributed by atoms with Gasteiger partial charge in [0.1, 0.15) is 16.5 Å². The number of para-hydroxylation sites is 1. The van der Waals surface area contributed by atoms with Crippen molar-refractivity contribution in [2.24, 2.45) is 0 Å². The largest absolute Gasteiger partial charge is 0.494 e. The fraction of sp³-hybridized carbons (Fsp3) is 0.194. The van der Waals surface area contributed by atoms with Crippen LogP contribution in [0.4, 0.5) is 5.69 Å². The number of hydrogen-bond acceptors (Lipinski definition) is 5. The molecule has 4 aromatic rings. The van der Waals surface area contributed by atoms with Gasteiger partial charge in [-0.2, -0.15) is 5.26 Å². The molecule has 0 bridgehead atoms. The summed E-state index contributed by atoms with van der Waals surface area (Å²) in [6.45, 7) is 2.85. The van der Waals surface area contributed by atoms with Gasteiger partial charge < -0.3 is 10.1 Å². The van der Waals surface area contributed by atoms with Crippen LogP contribution in [-0.4, -0.2) is 17.1 Å². The molecule has 0 radical (unpaired) electrons. The van der Waals surface area contributed by atoms with Gasteiger partial charge >= 0.3 is 0 Å². The summed E-state index contributed by atoms with van der Waals surface area (Å²) in [6.07, 6.45) is 6.30. The van der Waals surface area contributed by atoms with Crippen molar-refractivity contribution in [2.75, 3.05) is 11.9 Å². The highest BCUT2D eigenvalue weighted by Crippen LogP contribution is 2.16. The molecule has 0 saturated heterocycles. The second kappa shape index (κ2) is 13.6. The average Bonchev–Trinajstić information content (AvgIpc) is 3.25. The first-order chi connectivity index (χ1) is 19.0. The van der Waals surface area contributed by atoms with Gasteiger partial charge in [0.2, 0.25) is 0 Å². The Morgan fingerprint density at radius 2 is 1.82 bits per heavy atom. The van der Waals surface area contributed by atoms with E-state index in [0.29, 0.717) is 27.5 Å². The SMILES string of the molecule is CCCCCCOc1ccc(/C=c2\s/c(=C(/C#N)C(=O)Nc3cccc(Cl)c3)n(-c3ccccc3)c2=O)cc1. The number of hydrogen-bond donors (Lipinski definition) is 1. The summed E-state index contributed by atoms with van der Waals surface area (Å²) in [5.74, 6) is 0.146. The van der Waals surface area contributed by atoms with Gasteiger partial charge in [0.05, 0.1) is 16.8 Å². The first-order valence-electron chi connectivity index (χ1n) is 12.7. The maximum Gasteiger partial charge on any atom is 0.273 e. The number of ether oxygens (including phenoxy) is 1. The standard InChI is InChI=1S/C31H28ClN3O3S/c1-2-3-4-8-18-38-26-16-14-22(15-17-26)19-28-30(37)35(25-12-6-5-7-13-25)31(39-28)27(21-33)29(36)34-24-11-9-10-23(32)20-24/h5-7,9-17,19-20H,2-4,8,18H2,1H3,(H,34,36)/b28-19-,31-27-. The highest BCUT2D eigenvalue weighted by Gasteiger charge is 2.17. The van der Waals surface area contributed by atoms with Crippen molar-refractivity contribution in [3.05, 3.63) is 109 Å². The van der Waals surface area contributed by atoms with Crippen LogP contribution in [0.1, 0.15) is 38.2 Å². The van der Waals surface area contributed by atoms with E-state index in [0.717, 1.165) is 35.5 Å². The van der Waals surface area contributed by atoms with Crippen LogP contribution in [-0.2, 0) is 4.79 Å². The maximum atomic E-state index is 13.6. The molecule has 0 saturated carbocycles. The molecule has 0 atom stereocenters. The first kappa shape index (κ1) is 27.9. The van der Waals surface area contributed by atoms with Crippen LogP contribution in [0.3, 0.4) is 0 Å². The minimum Gasteiger partial charge on any atom is -0.494 e. The number of thiazole rings is 1. The van der Waals surface area contributed by atoms with E-state index in [1.807, 2.05) is 36.4 Å². The Labute approximate surface area is 236 Å². The molecule has 1 aromatic heterocycles. The third-order valence-corrected chi connectivity index (χ3v) is 7.25. The van der Waals surface area contributed by atoms with Crippen LogP contribution in [0.5, 0.6) is 5.75 Å². The summed E-state index contributed by atoms with van der Waals surface area (Å²) in [6, 6.07) is 25.1. The van der Waals surface area contributed by atoms with Crippen LogP contribution in [0.25, 0.3) is 17.3 Å². The highest BCUT2D eigenvalue weighted by molar-refractivity contribution is 7.07. The van der Waals surface area contributed by atoms with Gasteiger partial charge in [0.15, 0.2) is 5.57 Å². The lowest BCUT2D eigenvalue weighted by molar-refractivity contribution is -0.111. The number of nitriles is 1. The number of anilines is 1. The number of halogens is 1. The Morgan fingerprint density at radius 3 is 2.51 bits per heavy atom. The zero-order chi connectivity index (χ0) is 27.6. The number of benzene rings is 3. The normalized spacial score (nSPS) is 12.1. The zero-order valence-electron chi connectivity index (χ0n) is 21.5. The van der Waals surface area contributed by atoms with E-state index >= 15 is 0 Å². The van der Waals surface area contributed by atoms with Crippen LogP contribution >= 0.6 is 22.9 Å². The second-order valence-corrected chi connectivity index (χ2v) is 10.3. The zero-order valence-corrected chi connectivity index (χ0v) is 23.1. The van der Waals surface area contributed by atoms with Gasteiger partial charge in [-0.1, -0.05) is 74.2 Å².